The Kier molecular flexibility index (Phi) is 3.56. The van der Waals surface area contributed by atoms with Gasteiger partial charge in [0, 0.05) is 6.54 Å². The number of aromatic amines is 1. The summed E-state index contributed by atoms with van der Waals surface area (Å²) in [5, 5.41) is 15.5. The maximum Gasteiger partial charge on any atom is 0.371 e. The zero-order valence-electron chi connectivity index (χ0n) is 9.54. The van der Waals surface area contributed by atoms with Crippen LogP contribution in [0.3, 0.4) is 0 Å². The van der Waals surface area contributed by atoms with Crippen molar-refractivity contribution in [3.8, 4) is 0 Å². The van der Waals surface area contributed by atoms with Crippen LogP contribution in [0.4, 0.5) is 0 Å². The highest BCUT2D eigenvalue weighted by Gasteiger charge is 2.11. The monoisotopic (exact) mass is 269 g/mol. The molecule has 2 aromatic rings. The number of rotatable bonds is 5. The molecule has 0 fully saturated rings. The number of aromatic carboxylic acids is 1. The van der Waals surface area contributed by atoms with Gasteiger partial charge in [-0.1, -0.05) is 11.8 Å². The Morgan fingerprint density at radius 1 is 1.61 bits per heavy atom. The predicted octanol–water partition coefficient (Wildman–Crippen LogP) is 1.17. The lowest BCUT2D eigenvalue weighted by atomic mass is 10.4. The minimum Gasteiger partial charge on any atom is -0.475 e. The quantitative estimate of drug-likeness (QED) is 0.790. The Morgan fingerprint density at radius 3 is 3.00 bits per heavy atom. The molecule has 2 N–H and O–H groups in total. The van der Waals surface area contributed by atoms with Crippen molar-refractivity contribution < 1.29 is 14.3 Å². The fraction of sp³-hybridized carbons (Fsp3) is 0.300. The number of hydrogen-bond acceptors (Lipinski definition) is 5. The molecule has 0 radical (unpaired) electrons. The summed E-state index contributed by atoms with van der Waals surface area (Å²) in [5.74, 6) is -0.259. The van der Waals surface area contributed by atoms with E-state index in [-0.39, 0.29) is 11.4 Å². The van der Waals surface area contributed by atoms with Gasteiger partial charge in [-0.25, -0.2) is 14.7 Å². The van der Waals surface area contributed by atoms with Crippen molar-refractivity contribution in [2.75, 3.05) is 0 Å². The van der Waals surface area contributed by atoms with Crippen molar-refractivity contribution in [2.24, 2.45) is 0 Å². The molecule has 0 aliphatic rings. The molecular formula is C10H11N3O4S. The molecule has 0 saturated heterocycles. The number of hydrogen-bond donors (Lipinski definition) is 2. The third-order valence-corrected chi connectivity index (χ3v) is 3.25. The van der Waals surface area contributed by atoms with Gasteiger partial charge < -0.3 is 9.52 Å². The Balaban J connectivity index is 2.06. The lowest BCUT2D eigenvalue weighted by molar-refractivity contribution is 0.0661. The Hall–Kier alpha value is -1.96. The molecule has 0 unspecified atom stereocenters. The standard InChI is InChI=1S/C10H11N3O4S/c1-2-13-9(16)11-12-10(13)18-5-6-3-4-7(17-6)8(14)15/h3-4H,2,5H2,1H3,(H,11,16)(H,14,15). The first kappa shape index (κ1) is 12.5. The number of nitrogens with one attached hydrogen (secondary N) is 1. The van der Waals surface area contributed by atoms with Crippen molar-refractivity contribution in [1.82, 2.24) is 14.8 Å². The highest BCUT2D eigenvalue weighted by atomic mass is 32.2. The number of aromatic nitrogens is 3. The minimum absolute atomic E-state index is 0.0968. The second-order valence-electron chi connectivity index (χ2n) is 3.42. The van der Waals surface area contributed by atoms with Crippen molar-refractivity contribution in [1.29, 1.82) is 0 Å². The Bertz CT molecular complexity index is 613. The number of carboxylic acid groups (broad SMARTS) is 1. The van der Waals surface area contributed by atoms with Crippen molar-refractivity contribution in [3.63, 3.8) is 0 Å². The molecular weight excluding hydrogens is 258 g/mol. The van der Waals surface area contributed by atoms with E-state index in [1.165, 1.54) is 22.4 Å². The summed E-state index contributed by atoms with van der Waals surface area (Å²) >= 11 is 1.30. The smallest absolute Gasteiger partial charge is 0.371 e. The van der Waals surface area contributed by atoms with Gasteiger partial charge in [-0.2, -0.15) is 0 Å². The second kappa shape index (κ2) is 5.13. The first-order valence-corrected chi connectivity index (χ1v) is 6.20. The Morgan fingerprint density at radius 2 is 2.39 bits per heavy atom. The van der Waals surface area contributed by atoms with Gasteiger partial charge in [0.15, 0.2) is 5.16 Å². The van der Waals surface area contributed by atoms with Crippen molar-refractivity contribution in [3.05, 3.63) is 34.1 Å². The summed E-state index contributed by atoms with van der Waals surface area (Å²) in [6.45, 7) is 2.37. The molecule has 0 aliphatic carbocycles. The van der Waals surface area contributed by atoms with Gasteiger partial charge in [0.05, 0.1) is 5.75 Å². The predicted molar refractivity (Wildman–Crippen MR) is 63.8 cm³/mol. The van der Waals surface area contributed by atoms with Gasteiger partial charge in [-0.3, -0.25) is 4.57 Å². The van der Waals surface area contributed by atoms with Gasteiger partial charge in [0.2, 0.25) is 5.76 Å². The first-order chi connectivity index (χ1) is 8.61. The molecule has 0 bridgehead atoms. The summed E-state index contributed by atoms with van der Waals surface area (Å²) < 4.78 is 6.59. The Labute approximate surface area is 106 Å². The van der Waals surface area contributed by atoms with E-state index in [9.17, 15) is 9.59 Å². The maximum atomic E-state index is 11.3. The van der Waals surface area contributed by atoms with Gasteiger partial charge >= 0.3 is 11.7 Å². The van der Waals surface area contributed by atoms with Crippen molar-refractivity contribution in [2.45, 2.75) is 24.4 Å². The van der Waals surface area contributed by atoms with Crippen LogP contribution in [0.2, 0.25) is 0 Å². The van der Waals surface area contributed by atoms with Crippen LogP contribution in [-0.4, -0.2) is 25.8 Å². The molecule has 7 nitrogen and oxygen atoms in total. The highest BCUT2D eigenvalue weighted by molar-refractivity contribution is 7.98. The first-order valence-electron chi connectivity index (χ1n) is 5.21. The number of carbonyl (C=O) groups is 1. The number of carboxylic acids is 1. The SMILES string of the molecule is CCn1c(SCc2ccc(C(=O)O)o2)n[nH]c1=O. The van der Waals surface area contributed by atoms with Crippen LogP contribution >= 0.6 is 11.8 Å². The molecule has 2 aromatic heterocycles. The molecule has 0 atom stereocenters. The van der Waals surface area contributed by atoms with Crippen LogP contribution in [0.5, 0.6) is 0 Å². The molecule has 18 heavy (non-hydrogen) atoms. The number of furan rings is 1. The van der Waals surface area contributed by atoms with Crippen LogP contribution in [0.25, 0.3) is 0 Å². The van der Waals surface area contributed by atoms with Crippen molar-refractivity contribution >= 4 is 17.7 Å². The third kappa shape index (κ3) is 2.48. The average Bonchev–Trinajstić information content (AvgIpc) is 2.93. The van der Waals surface area contributed by atoms with Gasteiger partial charge in [-0.15, -0.1) is 5.10 Å². The number of thioether (sulfide) groups is 1. The molecule has 96 valence electrons. The fourth-order valence-corrected chi connectivity index (χ4v) is 2.30. The second-order valence-corrected chi connectivity index (χ2v) is 4.36. The molecule has 2 rings (SSSR count). The normalized spacial score (nSPS) is 10.7. The van der Waals surface area contributed by atoms with E-state index >= 15 is 0 Å². The van der Waals surface area contributed by atoms with E-state index < -0.39 is 5.97 Å². The molecule has 0 aliphatic heterocycles. The van der Waals surface area contributed by atoms with Crippen LogP contribution in [0.1, 0.15) is 23.2 Å². The van der Waals surface area contributed by atoms with E-state index in [0.29, 0.717) is 23.2 Å². The van der Waals surface area contributed by atoms with E-state index in [4.69, 9.17) is 9.52 Å². The van der Waals surface area contributed by atoms with E-state index in [1.54, 1.807) is 6.07 Å². The largest absolute Gasteiger partial charge is 0.475 e. The lowest BCUT2D eigenvalue weighted by Gasteiger charge is -1.99. The summed E-state index contributed by atoms with van der Waals surface area (Å²) in [6.07, 6.45) is 0. The minimum atomic E-state index is -1.10. The van der Waals surface area contributed by atoms with E-state index in [2.05, 4.69) is 10.2 Å². The van der Waals surface area contributed by atoms with Crippen LogP contribution in [0, 0.1) is 0 Å². The zero-order chi connectivity index (χ0) is 13.1. The van der Waals surface area contributed by atoms with E-state index in [1.807, 2.05) is 6.92 Å². The summed E-state index contributed by atoms with van der Waals surface area (Å²) in [6, 6.07) is 2.99. The zero-order valence-corrected chi connectivity index (χ0v) is 10.4. The van der Waals surface area contributed by atoms with Gasteiger partial charge in [0.1, 0.15) is 5.76 Å². The van der Waals surface area contributed by atoms with Crippen LogP contribution in [0.15, 0.2) is 26.5 Å². The molecule has 0 spiro atoms. The summed E-state index contributed by atoms with van der Waals surface area (Å²) in [5.41, 5.74) is -0.259. The van der Waals surface area contributed by atoms with Gasteiger partial charge in [0.25, 0.3) is 0 Å². The third-order valence-electron chi connectivity index (χ3n) is 2.26. The fourth-order valence-electron chi connectivity index (χ4n) is 1.40. The van der Waals surface area contributed by atoms with Gasteiger partial charge in [-0.05, 0) is 19.1 Å². The molecule has 2 heterocycles. The topological polar surface area (TPSA) is 101 Å². The molecule has 8 heteroatoms. The molecule has 0 amide bonds. The highest BCUT2D eigenvalue weighted by Crippen LogP contribution is 2.21. The molecule has 0 aromatic carbocycles. The number of nitrogens with zero attached hydrogens (tertiary/aromatic N) is 2. The summed E-state index contributed by atoms with van der Waals surface area (Å²) in [7, 11) is 0. The maximum absolute atomic E-state index is 11.3. The van der Waals surface area contributed by atoms with Crippen LogP contribution in [-0.2, 0) is 12.3 Å². The number of H-pyrrole nitrogens is 1. The van der Waals surface area contributed by atoms with Crippen LogP contribution < -0.4 is 5.69 Å². The average molecular weight is 269 g/mol. The lowest BCUT2D eigenvalue weighted by Crippen LogP contribution is -2.16. The molecule has 0 saturated carbocycles. The summed E-state index contributed by atoms with van der Waals surface area (Å²) in [4.78, 5) is 21.9. The van der Waals surface area contributed by atoms with E-state index in [0.717, 1.165) is 0 Å².